The molecule has 1 amide bonds. The highest BCUT2D eigenvalue weighted by Crippen LogP contribution is 2.09. The number of rotatable bonds is 7. The average Bonchev–Trinajstić information content (AvgIpc) is 2.41. The molecule has 1 heterocycles. The average molecular weight is 295 g/mol. The summed E-state index contributed by atoms with van der Waals surface area (Å²) in [5.41, 5.74) is -0.890. The molecule has 118 valence electrons. The van der Waals surface area contributed by atoms with Gasteiger partial charge in [0.1, 0.15) is 12.2 Å². The van der Waals surface area contributed by atoms with E-state index in [0.29, 0.717) is 0 Å². The Kier molecular flexibility index (Phi) is 7.36. The molecule has 0 spiro atoms. The molecule has 0 fully saturated rings. The number of carbonyl (C=O) groups excluding carboxylic acids is 1. The Bertz CT molecular complexity index is 407. The molecule has 0 aromatic rings. The van der Waals surface area contributed by atoms with Gasteiger partial charge in [0.15, 0.2) is 0 Å². The quantitative estimate of drug-likeness (QED) is 0.326. The van der Waals surface area contributed by atoms with Gasteiger partial charge >= 0.3 is 0 Å². The molecule has 1 rings (SSSR count). The lowest BCUT2D eigenvalue weighted by Crippen LogP contribution is -2.37. The first-order valence-electron chi connectivity index (χ1n) is 7.21. The minimum absolute atomic E-state index is 0.00000553. The van der Waals surface area contributed by atoms with E-state index in [4.69, 9.17) is 9.78 Å². The van der Waals surface area contributed by atoms with E-state index in [-0.39, 0.29) is 24.7 Å². The van der Waals surface area contributed by atoms with Crippen molar-refractivity contribution in [1.29, 1.82) is 0 Å². The number of unbranched alkanes of at least 4 members (excludes halogenated alkanes) is 1. The van der Waals surface area contributed by atoms with Gasteiger partial charge in [0.25, 0.3) is 0 Å². The molecule has 1 aliphatic rings. The fraction of sp³-hybridized carbons (Fsp3) is 0.562. The van der Waals surface area contributed by atoms with Crippen molar-refractivity contribution in [2.75, 3.05) is 6.54 Å². The van der Waals surface area contributed by atoms with Gasteiger partial charge in [-0.2, -0.15) is 0 Å². The molecule has 2 N–H and O–H groups in total. The summed E-state index contributed by atoms with van der Waals surface area (Å²) < 4.78 is 0. The lowest BCUT2D eigenvalue weighted by Gasteiger charge is -2.17. The van der Waals surface area contributed by atoms with Crippen LogP contribution in [0.4, 0.5) is 0 Å². The van der Waals surface area contributed by atoms with Crippen LogP contribution >= 0.6 is 0 Å². The predicted molar refractivity (Wildman–Crippen MR) is 81.4 cm³/mol. The fourth-order valence-corrected chi connectivity index (χ4v) is 1.55. The van der Waals surface area contributed by atoms with Crippen LogP contribution in [0.5, 0.6) is 0 Å². The Morgan fingerprint density at radius 1 is 1.29 bits per heavy atom. The lowest BCUT2D eigenvalue weighted by atomic mass is 10.1. The van der Waals surface area contributed by atoms with Crippen LogP contribution in [0.1, 0.15) is 33.6 Å². The molecule has 0 saturated heterocycles. The minimum atomic E-state index is -0.890. The first-order chi connectivity index (χ1) is 9.87. The van der Waals surface area contributed by atoms with Gasteiger partial charge in [-0.1, -0.05) is 30.4 Å². The number of carbonyl (C=O) groups is 1. The molecule has 5 heteroatoms. The van der Waals surface area contributed by atoms with Gasteiger partial charge in [-0.05, 0) is 39.7 Å². The standard InChI is InChI=1S/C16H25NO4/c1-13-10-11-14(21-20-13)8-6-4-5-7-9-15(18)17-12-16(2,3)19/h6-11,13-14,19H,4-5,12H2,1-3H3,(H,17,18)/b8-6-,9-7+/t13-,14+/m0/s1. The predicted octanol–water partition coefficient (Wildman–Crippen LogP) is 2.04. The zero-order chi connectivity index (χ0) is 15.7. The maximum absolute atomic E-state index is 11.4. The highest BCUT2D eigenvalue weighted by molar-refractivity contribution is 5.87. The van der Waals surface area contributed by atoms with Gasteiger partial charge in [0.2, 0.25) is 5.91 Å². The number of aliphatic hydroxyl groups is 1. The van der Waals surface area contributed by atoms with Crippen LogP contribution < -0.4 is 5.32 Å². The highest BCUT2D eigenvalue weighted by atomic mass is 17.2. The van der Waals surface area contributed by atoms with E-state index in [0.717, 1.165) is 12.8 Å². The first kappa shape index (κ1) is 17.6. The summed E-state index contributed by atoms with van der Waals surface area (Å²) in [5, 5.41) is 12.1. The molecule has 21 heavy (non-hydrogen) atoms. The van der Waals surface area contributed by atoms with Crippen molar-refractivity contribution < 1.29 is 19.7 Å². The second kappa shape index (κ2) is 8.77. The number of amides is 1. The molecule has 0 bridgehead atoms. The normalized spacial score (nSPS) is 23.0. The summed E-state index contributed by atoms with van der Waals surface area (Å²) in [4.78, 5) is 21.6. The van der Waals surface area contributed by atoms with E-state index in [1.165, 1.54) is 6.08 Å². The topological polar surface area (TPSA) is 67.8 Å². The molecule has 1 aliphatic heterocycles. The van der Waals surface area contributed by atoms with Crippen LogP contribution in [0.25, 0.3) is 0 Å². The molecule has 0 radical (unpaired) electrons. The maximum atomic E-state index is 11.4. The van der Waals surface area contributed by atoms with Gasteiger partial charge in [-0.25, -0.2) is 9.78 Å². The third-order valence-electron chi connectivity index (χ3n) is 2.68. The third kappa shape index (κ3) is 9.18. The molecule has 0 unspecified atom stereocenters. The van der Waals surface area contributed by atoms with E-state index < -0.39 is 5.60 Å². The van der Waals surface area contributed by atoms with Crippen molar-refractivity contribution >= 4 is 5.91 Å². The van der Waals surface area contributed by atoms with Crippen LogP contribution in [-0.4, -0.2) is 35.4 Å². The zero-order valence-corrected chi connectivity index (χ0v) is 12.9. The Labute approximate surface area is 126 Å². The van der Waals surface area contributed by atoms with E-state index >= 15 is 0 Å². The molecular weight excluding hydrogens is 270 g/mol. The Morgan fingerprint density at radius 3 is 2.62 bits per heavy atom. The summed E-state index contributed by atoms with van der Waals surface area (Å²) >= 11 is 0. The van der Waals surface area contributed by atoms with Crippen LogP contribution in [0.3, 0.4) is 0 Å². The number of nitrogens with one attached hydrogen (secondary N) is 1. The van der Waals surface area contributed by atoms with Gasteiger partial charge in [-0.3, -0.25) is 4.79 Å². The smallest absolute Gasteiger partial charge is 0.243 e. The summed E-state index contributed by atoms with van der Waals surface area (Å²) in [7, 11) is 0. The third-order valence-corrected chi connectivity index (χ3v) is 2.68. The van der Waals surface area contributed by atoms with E-state index in [1.807, 2.05) is 31.2 Å². The first-order valence-corrected chi connectivity index (χ1v) is 7.21. The van der Waals surface area contributed by atoms with Crippen molar-refractivity contribution in [2.24, 2.45) is 0 Å². The maximum Gasteiger partial charge on any atom is 0.243 e. The van der Waals surface area contributed by atoms with E-state index in [2.05, 4.69) is 5.32 Å². The van der Waals surface area contributed by atoms with Gasteiger partial charge in [0, 0.05) is 6.54 Å². The van der Waals surface area contributed by atoms with Crippen LogP contribution in [-0.2, 0) is 14.6 Å². The second-order valence-electron chi connectivity index (χ2n) is 5.69. The summed E-state index contributed by atoms with van der Waals surface area (Å²) in [6.45, 7) is 5.44. The van der Waals surface area contributed by atoms with Gasteiger partial charge in [-0.15, -0.1) is 0 Å². The van der Waals surface area contributed by atoms with Gasteiger partial charge in [0.05, 0.1) is 5.60 Å². The summed E-state index contributed by atoms with van der Waals surface area (Å²) in [6, 6.07) is 0. The van der Waals surface area contributed by atoms with Crippen molar-refractivity contribution in [1.82, 2.24) is 5.32 Å². The summed E-state index contributed by atoms with van der Waals surface area (Å²) in [6.07, 6.45) is 12.6. The Hall–Kier alpha value is -1.43. The monoisotopic (exact) mass is 295 g/mol. The largest absolute Gasteiger partial charge is 0.389 e. The highest BCUT2D eigenvalue weighted by Gasteiger charge is 2.12. The molecule has 0 aromatic heterocycles. The summed E-state index contributed by atoms with van der Waals surface area (Å²) in [5.74, 6) is -0.193. The molecule has 0 aromatic carbocycles. The number of hydrogen-bond acceptors (Lipinski definition) is 4. The van der Waals surface area contributed by atoms with Crippen LogP contribution in [0.2, 0.25) is 0 Å². The molecule has 0 aliphatic carbocycles. The van der Waals surface area contributed by atoms with Crippen molar-refractivity contribution in [3.63, 3.8) is 0 Å². The number of hydrogen-bond donors (Lipinski definition) is 2. The minimum Gasteiger partial charge on any atom is -0.389 e. The number of allylic oxidation sites excluding steroid dienone is 2. The Morgan fingerprint density at radius 2 is 2.00 bits per heavy atom. The van der Waals surface area contributed by atoms with Crippen LogP contribution in [0.15, 0.2) is 36.5 Å². The lowest BCUT2D eigenvalue weighted by molar-refractivity contribution is -0.326. The second-order valence-corrected chi connectivity index (χ2v) is 5.69. The Balaban J connectivity index is 2.14. The van der Waals surface area contributed by atoms with Crippen molar-refractivity contribution in [3.05, 3.63) is 36.5 Å². The molecule has 0 saturated carbocycles. The van der Waals surface area contributed by atoms with Gasteiger partial charge < -0.3 is 10.4 Å². The molecular formula is C16H25NO4. The molecule has 2 atom stereocenters. The zero-order valence-electron chi connectivity index (χ0n) is 12.9. The van der Waals surface area contributed by atoms with E-state index in [1.54, 1.807) is 19.9 Å². The van der Waals surface area contributed by atoms with Crippen molar-refractivity contribution in [2.45, 2.75) is 51.4 Å². The van der Waals surface area contributed by atoms with Crippen LogP contribution in [0, 0.1) is 0 Å². The molecule has 5 nitrogen and oxygen atoms in total. The SMILES string of the molecule is C[C@H]1C=C[C@@H](/C=C\CC/C=C/C(=O)NCC(C)(C)O)OO1. The van der Waals surface area contributed by atoms with Crippen molar-refractivity contribution in [3.8, 4) is 0 Å². The van der Waals surface area contributed by atoms with E-state index in [9.17, 15) is 9.90 Å². The fourth-order valence-electron chi connectivity index (χ4n) is 1.55.